The minimum absolute atomic E-state index is 0.178. The van der Waals surface area contributed by atoms with Gasteiger partial charge in [0, 0.05) is 12.0 Å². The molecule has 0 heterocycles. The fourth-order valence-electron chi connectivity index (χ4n) is 1.36. The zero-order valence-electron chi connectivity index (χ0n) is 9.88. The molecule has 0 aromatic heterocycles. The minimum Gasteiger partial charge on any atom is -0.463 e. The summed E-state index contributed by atoms with van der Waals surface area (Å²) >= 11 is 0. The molecular formula is C13H13F3O2. The van der Waals surface area contributed by atoms with Crippen LogP contribution in [-0.2, 0) is 22.1 Å². The summed E-state index contributed by atoms with van der Waals surface area (Å²) < 4.78 is 41.7. The number of rotatable bonds is 4. The second-order valence-corrected chi connectivity index (χ2v) is 3.70. The predicted octanol–water partition coefficient (Wildman–Crippen LogP) is 3.37. The molecule has 98 valence electrons. The van der Waals surface area contributed by atoms with Gasteiger partial charge < -0.3 is 4.74 Å². The summed E-state index contributed by atoms with van der Waals surface area (Å²) in [6.45, 7) is 5.45. The Kier molecular flexibility index (Phi) is 4.53. The summed E-state index contributed by atoms with van der Waals surface area (Å²) in [5.41, 5.74) is 0.0886. The lowest BCUT2D eigenvalue weighted by atomic mass is 10.0. The van der Waals surface area contributed by atoms with Crippen LogP contribution in [0.2, 0.25) is 0 Å². The molecule has 0 aliphatic heterocycles. The van der Waals surface area contributed by atoms with Crippen molar-refractivity contribution < 1.29 is 22.7 Å². The molecule has 0 bridgehead atoms. The van der Waals surface area contributed by atoms with E-state index in [-0.39, 0.29) is 18.6 Å². The van der Waals surface area contributed by atoms with Crippen LogP contribution in [-0.4, -0.2) is 12.6 Å². The van der Waals surface area contributed by atoms with Crippen LogP contribution in [0.25, 0.3) is 0 Å². The van der Waals surface area contributed by atoms with Gasteiger partial charge in [-0.05, 0) is 24.6 Å². The Balaban J connectivity index is 2.70. The maximum absolute atomic E-state index is 12.3. The van der Waals surface area contributed by atoms with Crippen molar-refractivity contribution in [3.8, 4) is 0 Å². The predicted molar refractivity (Wildman–Crippen MR) is 60.9 cm³/mol. The van der Waals surface area contributed by atoms with Crippen LogP contribution in [0, 0.1) is 0 Å². The van der Waals surface area contributed by atoms with Crippen LogP contribution in [0.1, 0.15) is 18.1 Å². The van der Waals surface area contributed by atoms with Crippen molar-refractivity contribution >= 4 is 5.97 Å². The van der Waals surface area contributed by atoms with Crippen molar-refractivity contribution in [2.45, 2.75) is 19.5 Å². The molecule has 0 saturated carbocycles. The molecule has 0 atom stereocenters. The summed E-state index contributed by atoms with van der Waals surface area (Å²) in [7, 11) is 0. The van der Waals surface area contributed by atoms with Crippen LogP contribution < -0.4 is 0 Å². The highest BCUT2D eigenvalue weighted by Gasteiger charge is 2.29. The van der Waals surface area contributed by atoms with Crippen LogP contribution in [0.15, 0.2) is 36.4 Å². The Bertz CT molecular complexity index is 433. The van der Waals surface area contributed by atoms with Gasteiger partial charge in [0.15, 0.2) is 0 Å². The topological polar surface area (TPSA) is 26.3 Å². The molecule has 0 radical (unpaired) electrons. The molecule has 0 saturated heterocycles. The lowest BCUT2D eigenvalue weighted by Gasteiger charge is -2.08. The number of carbonyl (C=O) groups excluding carboxylic acids is 1. The van der Waals surface area contributed by atoms with Gasteiger partial charge in [-0.25, -0.2) is 4.79 Å². The molecule has 0 aliphatic carbocycles. The summed E-state index contributed by atoms with van der Waals surface area (Å²) in [6, 6.07) is 4.61. The molecule has 0 N–H and O–H groups in total. The van der Waals surface area contributed by atoms with Gasteiger partial charge in [0.1, 0.15) is 0 Å². The number of ether oxygens (including phenoxy) is 1. The van der Waals surface area contributed by atoms with E-state index in [1.54, 1.807) is 6.92 Å². The Morgan fingerprint density at radius 2 is 1.83 bits per heavy atom. The molecule has 1 aromatic carbocycles. The number of halogens is 3. The molecule has 18 heavy (non-hydrogen) atoms. The van der Waals surface area contributed by atoms with E-state index in [0.717, 1.165) is 12.1 Å². The first-order valence-corrected chi connectivity index (χ1v) is 5.35. The first kappa shape index (κ1) is 14.3. The minimum atomic E-state index is -4.35. The third-order valence-corrected chi connectivity index (χ3v) is 2.26. The summed E-state index contributed by atoms with van der Waals surface area (Å²) in [5.74, 6) is -0.530. The zero-order valence-corrected chi connectivity index (χ0v) is 9.88. The van der Waals surface area contributed by atoms with Crippen molar-refractivity contribution in [1.29, 1.82) is 0 Å². The molecule has 0 amide bonds. The van der Waals surface area contributed by atoms with E-state index in [1.165, 1.54) is 12.1 Å². The third kappa shape index (κ3) is 3.91. The number of benzene rings is 1. The van der Waals surface area contributed by atoms with E-state index in [1.807, 2.05) is 0 Å². The van der Waals surface area contributed by atoms with Crippen molar-refractivity contribution in [1.82, 2.24) is 0 Å². The molecule has 0 aliphatic rings. The third-order valence-electron chi connectivity index (χ3n) is 2.26. The van der Waals surface area contributed by atoms with Crippen molar-refractivity contribution in [3.05, 3.63) is 47.5 Å². The highest BCUT2D eigenvalue weighted by atomic mass is 19.4. The van der Waals surface area contributed by atoms with Gasteiger partial charge in [-0.3, -0.25) is 0 Å². The second kappa shape index (κ2) is 5.71. The maximum Gasteiger partial charge on any atom is 0.416 e. The summed E-state index contributed by atoms with van der Waals surface area (Å²) in [4.78, 5) is 11.3. The van der Waals surface area contributed by atoms with Gasteiger partial charge in [0.25, 0.3) is 0 Å². The fraction of sp³-hybridized carbons (Fsp3) is 0.308. The molecule has 5 heteroatoms. The molecule has 2 nitrogen and oxygen atoms in total. The van der Waals surface area contributed by atoms with Gasteiger partial charge in [-0.1, -0.05) is 18.7 Å². The highest BCUT2D eigenvalue weighted by Crippen LogP contribution is 2.29. The van der Waals surface area contributed by atoms with Crippen LogP contribution in [0.3, 0.4) is 0 Å². The van der Waals surface area contributed by atoms with E-state index < -0.39 is 17.7 Å². The number of esters is 1. The first-order valence-electron chi connectivity index (χ1n) is 5.35. The summed E-state index contributed by atoms with van der Waals surface area (Å²) in [5, 5.41) is 0. The van der Waals surface area contributed by atoms with Gasteiger partial charge in [-0.2, -0.15) is 13.2 Å². The molecule has 1 aromatic rings. The Labute approximate surface area is 103 Å². The Morgan fingerprint density at radius 3 is 2.28 bits per heavy atom. The van der Waals surface area contributed by atoms with E-state index in [4.69, 9.17) is 4.74 Å². The SMILES string of the molecule is C=C(Cc1ccc(C(F)(F)F)cc1)C(=O)OCC. The molecule has 0 unspecified atom stereocenters. The molecule has 0 spiro atoms. The van der Waals surface area contributed by atoms with Crippen molar-refractivity contribution in [2.24, 2.45) is 0 Å². The first-order chi connectivity index (χ1) is 8.34. The van der Waals surface area contributed by atoms with Crippen molar-refractivity contribution in [3.63, 3.8) is 0 Å². The molecule has 1 rings (SSSR count). The van der Waals surface area contributed by atoms with E-state index in [2.05, 4.69) is 6.58 Å². The average Bonchev–Trinajstić information content (AvgIpc) is 2.28. The lowest BCUT2D eigenvalue weighted by molar-refractivity contribution is -0.139. The zero-order chi connectivity index (χ0) is 13.8. The van der Waals surface area contributed by atoms with Gasteiger partial charge in [0.2, 0.25) is 0 Å². The normalized spacial score (nSPS) is 11.1. The number of alkyl halides is 3. The van der Waals surface area contributed by atoms with Gasteiger partial charge >= 0.3 is 12.1 Å². The number of hydrogen-bond acceptors (Lipinski definition) is 2. The Morgan fingerprint density at radius 1 is 1.28 bits per heavy atom. The standard InChI is InChI=1S/C13H13F3O2/c1-3-18-12(17)9(2)8-10-4-6-11(7-5-10)13(14,15)16/h4-7H,2-3,8H2,1H3. The second-order valence-electron chi connectivity index (χ2n) is 3.70. The quantitative estimate of drug-likeness (QED) is 0.611. The molecular weight excluding hydrogens is 245 g/mol. The Hall–Kier alpha value is -1.78. The molecule has 0 fully saturated rings. The van der Waals surface area contributed by atoms with E-state index in [9.17, 15) is 18.0 Å². The van der Waals surface area contributed by atoms with E-state index in [0.29, 0.717) is 5.56 Å². The monoisotopic (exact) mass is 258 g/mol. The number of carbonyl (C=O) groups is 1. The number of hydrogen-bond donors (Lipinski definition) is 0. The summed E-state index contributed by atoms with van der Waals surface area (Å²) in [6.07, 6.45) is -4.17. The van der Waals surface area contributed by atoms with E-state index >= 15 is 0 Å². The van der Waals surface area contributed by atoms with Crippen molar-refractivity contribution in [2.75, 3.05) is 6.61 Å². The fourth-order valence-corrected chi connectivity index (χ4v) is 1.36. The van der Waals surface area contributed by atoms with Crippen LogP contribution in [0.4, 0.5) is 13.2 Å². The lowest BCUT2D eigenvalue weighted by Crippen LogP contribution is -2.09. The van der Waals surface area contributed by atoms with Gasteiger partial charge in [0.05, 0.1) is 12.2 Å². The largest absolute Gasteiger partial charge is 0.463 e. The smallest absolute Gasteiger partial charge is 0.416 e. The van der Waals surface area contributed by atoms with Gasteiger partial charge in [-0.15, -0.1) is 0 Å². The highest BCUT2D eigenvalue weighted by molar-refractivity contribution is 5.88. The van der Waals surface area contributed by atoms with Crippen LogP contribution in [0.5, 0.6) is 0 Å². The average molecular weight is 258 g/mol. The maximum atomic E-state index is 12.3. The van der Waals surface area contributed by atoms with Crippen LogP contribution >= 0.6 is 0 Å².